The lowest BCUT2D eigenvalue weighted by atomic mass is 9.97. The maximum atomic E-state index is 13.1. The van der Waals surface area contributed by atoms with Crippen LogP contribution in [-0.2, 0) is 25.4 Å². The minimum Gasteiger partial charge on any atom is -0.298 e. The van der Waals surface area contributed by atoms with Crippen molar-refractivity contribution in [2.75, 3.05) is 7.05 Å². The number of aryl methyl sites for hydroxylation is 1. The molecule has 8 heteroatoms. The molecule has 0 spiro atoms. The van der Waals surface area contributed by atoms with Gasteiger partial charge in [-0.1, -0.05) is 24.3 Å². The van der Waals surface area contributed by atoms with Crippen LogP contribution in [0, 0.1) is 6.92 Å². The summed E-state index contributed by atoms with van der Waals surface area (Å²) >= 11 is 0. The van der Waals surface area contributed by atoms with Gasteiger partial charge in [0.15, 0.2) is 0 Å². The smallest absolute Gasteiger partial charge is 0.298 e. The van der Waals surface area contributed by atoms with Gasteiger partial charge < -0.3 is 0 Å². The molecule has 0 saturated carbocycles. The van der Waals surface area contributed by atoms with E-state index in [4.69, 9.17) is 0 Å². The summed E-state index contributed by atoms with van der Waals surface area (Å²) in [4.78, 5) is 5.84. The number of hydrogen-bond acceptors (Lipinski definition) is 2. The van der Waals surface area contributed by atoms with Gasteiger partial charge in [0.25, 0.3) is 0 Å². The molecule has 2 nitrogen and oxygen atoms in total. The third-order valence-electron chi connectivity index (χ3n) is 4.89. The number of aromatic nitrogens is 1. The Bertz CT molecular complexity index is 1020. The summed E-state index contributed by atoms with van der Waals surface area (Å²) in [5.74, 6) is 0. The Morgan fingerprint density at radius 1 is 0.806 bits per heavy atom. The third-order valence-corrected chi connectivity index (χ3v) is 4.89. The predicted octanol–water partition coefficient (Wildman–Crippen LogP) is 6.73. The fraction of sp³-hybridized carbons (Fsp3) is 0.261. The van der Waals surface area contributed by atoms with Crippen molar-refractivity contribution in [1.29, 1.82) is 0 Å². The highest BCUT2D eigenvalue weighted by molar-refractivity contribution is 5.69. The molecule has 1 aromatic heterocycles. The zero-order chi connectivity index (χ0) is 22.8. The van der Waals surface area contributed by atoms with Crippen molar-refractivity contribution in [2.24, 2.45) is 0 Å². The molecule has 0 aliphatic carbocycles. The summed E-state index contributed by atoms with van der Waals surface area (Å²) < 4.78 is 78.7. The van der Waals surface area contributed by atoms with Crippen LogP contribution in [0.1, 0.15) is 27.8 Å². The maximum absolute atomic E-state index is 13.1. The van der Waals surface area contributed by atoms with Crippen LogP contribution in [0.25, 0.3) is 11.1 Å². The van der Waals surface area contributed by atoms with Gasteiger partial charge in [0.1, 0.15) is 0 Å². The second-order valence-corrected chi connectivity index (χ2v) is 7.43. The van der Waals surface area contributed by atoms with Crippen molar-refractivity contribution in [3.05, 3.63) is 88.7 Å². The lowest BCUT2D eigenvalue weighted by molar-refractivity contribution is -0.143. The van der Waals surface area contributed by atoms with E-state index in [2.05, 4.69) is 4.98 Å². The lowest BCUT2D eigenvalue weighted by Crippen LogP contribution is -2.19. The van der Waals surface area contributed by atoms with Crippen molar-refractivity contribution in [2.45, 2.75) is 32.4 Å². The van der Waals surface area contributed by atoms with Crippen molar-refractivity contribution in [3.63, 3.8) is 0 Å². The lowest BCUT2D eigenvalue weighted by Gasteiger charge is -2.21. The molecular formula is C23H20F6N2. The number of pyridine rings is 1. The molecule has 1 heterocycles. The highest BCUT2D eigenvalue weighted by Gasteiger charge is 2.36. The zero-order valence-corrected chi connectivity index (χ0v) is 16.8. The van der Waals surface area contributed by atoms with Crippen LogP contribution in [0.3, 0.4) is 0 Å². The van der Waals surface area contributed by atoms with Crippen molar-refractivity contribution in [3.8, 4) is 11.1 Å². The first-order chi connectivity index (χ1) is 14.4. The van der Waals surface area contributed by atoms with Crippen LogP contribution >= 0.6 is 0 Å². The predicted molar refractivity (Wildman–Crippen MR) is 106 cm³/mol. The number of alkyl halides is 6. The van der Waals surface area contributed by atoms with E-state index >= 15 is 0 Å². The number of benzene rings is 2. The molecule has 0 aliphatic heterocycles. The number of rotatable bonds is 5. The first kappa shape index (κ1) is 22.8. The largest absolute Gasteiger partial charge is 0.416 e. The molecule has 0 atom stereocenters. The second kappa shape index (κ2) is 8.70. The van der Waals surface area contributed by atoms with Gasteiger partial charge in [-0.25, -0.2) is 0 Å². The molecule has 3 aromatic rings. The molecule has 0 bridgehead atoms. The van der Waals surface area contributed by atoms with Gasteiger partial charge in [-0.15, -0.1) is 0 Å². The minimum atomic E-state index is -4.86. The van der Waals surface area contributed by atoms with Crippen molar-refractivity contribution in [1.82, 2.24) is 9.88 Å². The quantitative estimate of drug-likeness (QED) is 0.411. The van der Waals surface area contributed by atoms with E-state index in [-0.39, 0.29) is 18.2 Å². The Balaban J connectivity index is 1.89. The van der Waals surface area contributed by atoms with E-state index in [0.29, 0.717) is 6.54 Å². The molecule has 0 fully saturated rings. The van der Waals surface area contributed by atoms with Crippen LogP contribution in [0.4, 0.5) is 26.3 Å². The third kappa shape index (κ3) is 5.64. The summed E-state index contributed by atoms with van der Waals surface area (Å²) in [6.07, 6.45) is -6.41. The summed E-state index contributed by atoms with van der Waals surface area (Å²) in [5.41, 5.74) is 1.06. The van der Waals surface area contributed by atoms with Gasteiger partial charge in [0, 0.05) is 31.0 Å². The molecule has 164 valence electrons. The van der Waals surface area contributed by atoms with Gasteiger partial charge in [-0.05, 0) is 60.5 Å². The highest BCUT2D eigenvalue weighted by atomic mass is 19.4. The molecule has 31 heavy (non-hydrogen) atoms. The normalized spacial score (nSPS) is 12.4. The SMILES string of the molecule is Cc1ccccc1-c1cnccc1CN(C)Cc1cc(C(F)(F)F)cc(C(F)(F)F)c1. The fourth-order valence-electron chi connectivity index (χ4n) is 3.45. The average molecular weight is 438 g/mol. The van der Waals surface area contributed by atoms with Crippen molar-refractivity contribution >= 4 is 0 Å². The molecule has 0 unspecified atom stereocenters. The van der Waals surface area contributed by atoms with Gasteiger partial charge in [0.05, 0.1) is 11.1 Å². The fourth-order valence-corrected chi connectivity index (χ4v) is 3.45. The van der Waals surface area contributed by atoms with Crippen LogP contribution in [0.5, 0.6) is 0 Å². The van der Waals surface area contributed by atoms with E-state index in [1.165, 1.54) is 0 Å². The monoisotopic (exact) mass is 438 g/mol. The van der Waals surface area contributed by atoms with E-state index < -0.39 is 23.5 Å². The Hall–Kier alpha value is -2.87. The van der Waals surface area contributed by atoms with Gasteiger partial charge in [-0.2, -0.15) is 26.3 Å². The molecule has 0 amide bonds. The Morgan fingerprint density at radius 2 is 1.42 bits per heavy atom. The topological polar surface area (TPSA) is 16.1 Å². The first-order valence-corrected chi connectivity index (χ1v) is 9.41. The van der Waals surface area contributed by atoms with E-state index in [1.54, 1.807) is 30.4 Å². The summed E-state index contributed by atoms with van der Waals surface area (Å²) in [6.45, 7) is 2.20. The van der Waals surface area contributed by atoms with Crippen LogP contribution in [0.2, 0.25) is 0 Å². The van der Waals surface area contributed by atoms with Gasteiger partial charge >= 0.3 is 12.4 Å². The van der Waals surface area contributed by atoms with Crippen LogP contribution in [-0.4, -0.2) is 16.9 Å². The van der Waals surface area contributed by atoms with E-state index in [0.717, 1.165) is 34.4 Å². The van der Waals surface area contributed by atoms with Gasteiger partial charge in [0.2, 0.25) is 0 Å². The number of halogens is 6. The molecular weight excluding hydrogens is 418 g/mol. The number of nitrogens with zero attached hydrogens (tertiary/aromatic N) is 2. The minimum absolute atomic E-state index is 0.0591. The first-order valence-electron chi connectivity index (χ1n) is 9.41. The van der Waals surface area contributed by atoms with E-state index in [9.17, 15) is 26.3 Å². The molecule has 3 rings (SSSR count). The second-order valence-electron chi connectivity index (χ2n) is 7.43. The Morgan fingerprint density at radius 3 is 2.00 bits per heavy atom. The molecule has 2 aromatic carbocycles. The Labute approximate surface area is 176 Å². The average Bonchev–Trinajstić information content (AvgIpc) is 2.67. The molecule has 0 radical (unpaired) electrons. The van der Waals surface area contributed by atoms with E-state index in [1.807, 2.05) is 31.2 Å². The zero-order valence-electron chi connectivity index (χ0n) is 16.8. The van der Waals surface area contributed by atoms with Crippen LogP contribution in [0.15, 0.2) is 60.9 Å². The summed E-state index contributed by atoms with van der Waals surface area (Å²) in [5, 5.41) is 0. The van der Waals surface area contributed by atoms with Gasteiger partial charge in [-0.3, -0.25) is 9.88 Å². The van der Waals surface area contributed by atoms with Crippen molar-refractivity contribution < 1.29 is 26.3 Å². The summed E-state index contributed by atoms with van der Waals surface area (Å²) in [7, 11) is 1.65. The van der Waals surface area contributed by atoms with Crippen LogP contribution < -0.4 is 0 Å². The summed E-state index contributed by atoms with van der Waals surface area (Å²) in [6, 6.07) is 11.2. The molecule has 0 aliphatic rings. The standard InChI is InChI=1S/C23H20F6N2/c1-15-5-3-4-6-20(15)21-12-30-8-7-17(21)14-31(2)13-16-9-18(22(24,25)26)11-19(10-16)23(27,28)29/h3-12H,13-14H2,1-2H3. The maximum Gasteiger partial charge on any atom is 0.416 e. The number of hydrogen-bond donors (Lipinski definition) is 0. The highest BCUT2D eigenvalue weighted by Crippen LogP contribution is 2.36. The molecule has 0 N–H and O–H groups in total. The Kier molecular flexibility index (Phi) is 6.40. The molecule has 0 saturated heterocycles.